The molecule has 0 aliphatic heterocycles. The van der Waals surface area contributed by atoms with Gasteiger partial charge in [-0.25, -0.2) is 4.39 Å². The van der Waals surface area contributed by atoms with Crippen LogP contribution in [0.25, 0.3) is 0 Å². The van der Waals surface area contributed by atoms with Gasteiger partial charge in [0.25, 0.3) is 0 Å². The van der Waals surface area contributed by atoms with Gasteiger partial charge in [0.2, 0.25) is 0 Å². The Balaban J connectivity index is 2.29. The van der Waals surface area contributed by atoms with Crippen LogP contribution in [0.4, 0.5) is 4.39 Å². The number of hydrogen-bond acceptors (Lipinski definition) is 3. The van der Waals surface area contributed by atoms with Gasteiger partial charge in [0.05, 0.1) is 0 Å². The molecule has 0 bridgehead atoms. The zero-order valence-corrected chi connectivity index (χ0v) is 12.9. The van der Waals surface area contributed by atoms with Gasteiger partial charge in [0.1, 0.15) is 5.82 Å². The third-order valence-electron chi connectivity index (χ3n) is 2.57. The minimum atomic E-state index is -0.183. The molecule has 0 heterocycles. The van der Waals surface area contributed by atoms with Gasteiger partial charge in [-0.05, 0) is 31.2 Å². The fourth-order valence-corrected chi connectivity index (χ4v) is 2.71. The average Bonchev–Trinajstić information content (AvgIpc) is 2.33. The molecule has 0 saturated carbocycles. The van der Waals surface area contributed by atoms with Crippen molar-refractivity contribution in [3.8, 4) is 0 Å². The number of benzene rings is 1. The van der Waals surface area contributed by atoms with Gasteiger partial charge in [-0.3, -0.25) is 0 Å². The molecule has 0 spiro atoms. The van der Waals surface area contributed by atoms with Crippen LogP contribution in [0, 0.1) is 5.82 Å². The van der Waals surface area contributed by atoms with Crippen molar-refractivity contribution in [2.24, 2.45) is 0 Å². The summed E-state index contributed by atoms with van der Waals surface area (Å²) in [6, 6.07) is 5.16. The summed E-state index contributed by atoms with van der Waals surface area (Å²) >= 11 is 5.05. The third-order valence-corrected chi connectivity index (χ3v) is 4.14. The van der Waals surface area contributed by atoms with Crippen LogP contribution in [-0.2, 0) is 0 Å². The van der Waals surface area contributed by atoms with Crippen molar-refractivity contribution >= 4 is 27.7 Å². The lowest BCUT2D eigenvalue weighted by Gasteiger charge is -2.15. The Labute approximate surface area is 120 Å². The summed E-state index contributed by atoms with van der Waals surface area (Å²) in [7, 11) is 0. The number of halogens is 2. The van der Waals surface area contributed by atoms with Gasteiger partial charge in [-0.2, -0.15) is 11.8 Å². The lowest BCUT2D eigenvalue weighted by molar-refractivity contribution is 0.296. The largest absolute Gasteiger partial charge is 0.396 e. The SMILES string of the molecule is CC(NCCSCCCO)c1ccc(Br)cc1F. The van der Waals surface area contributed by atoms with Crippen LogP contribution in [0.3, 0.4) is 0 Å². The second-order valence-corrected chi connectivity index (χ2v) is 6.17. The highest BCUT2D eigenvalue weighted by Crippen LogP contribution is 2.20. The molecule has 0 saturated heterocycles. The maximum Gasteiger partial charge on any atom is 0.129 e. The van der Waals surface area contributed by atoms with Crippen molar-refractivity contribution < 1.29 is 9.50 Å². The molecule has 0 aliphatic carbocycles. The molecule has 0 amide bonds. The molecule has 18 heavy (non-hydrogen) atoms. The van der Waals surface area contributed by atoms with E-state index in [-0.39, 0.29) is 18.5 Å². The van der Waals surface area contributed by atoms with E-state index in [1.807, 2.05) is 13.0 Å². The molecule has 0 fully saturated rings. The standard InChI is InChI=1S/C13H19BrFNOS/c1-10(16-5-8-18-7-2-6-17)12-4-3-11(14)9-13(12)15/h3-4,9-10,16-17H,2,5-8H2,1H3. The van der Waals surface area contributed by atoms with Crippen LogP contribution in [0.15, 0.2) is 22.7 Å². The van der Waals surface area contributed by atoms with E-state index in [4.69, 9.17) is 5.11 Å². The predicted octanol–water partition coefficient (Wildman–Crippen LogP) is 3.35. The van der Waals surface area contributed by atoms with Gasteiger partial charge in [0, 0.05) is 35.0 Å². The van der Waals surface area contributed by atoms with Crippen molar-refractivity contribution in [3.05, 3.63) is 34.1 Å². The van der Waals surface area contributed by atoms with Gasteiger partial charge in [-0.1, -0.05) is 22.0 Å². The molecular formula is C13H19BrFNOS. The van der Waals surface area contributed by atoms with E-state index in [0.29, 0.717) is 5.56 Å². The molecule has 1 atom stereocenters. The number of aliphatic hydroxyl groups excluding tert-OH is 1. The van der Waals surface area contributed by atoms with E-state index in [0.717, 1.165) is 28.9 Å². The van der Waals surface area contributed by atoms with Crippen molar-refractivity contribution in [1.29, 1.82) is 0 Å². The summed E-state index contributed by atoms with van der Waals surface area (Å²) in [4.78, 5) is 0. The first kappa shape index (κ1) is 16.0. The molecule has 2 nitrogen and oxygen atoms in total. The fourth-order valence-electron chi connectivity index (χ4n) is 1.58. The molecule has 0 radical (unpaired) electrons. The summed E-state index contributed by atoms with van der Waals surface area (Å²) in [5.41, 5.74) is 0.693. The van der Waals surface area contributed by atoms with Crippen LogP contribution in [0.1, 0.15) is 24.9 Å². The molecule has 1 aromatic rings. The third kappa shape index (κ3) is 5.69. The molecule has 0 aliphatic rings. The number of aliphatic hydroxyl groups is 1. The predicted molar refractivity (Wildman–Crippen MR) is 79.5 cm³/mol. The highest BCUT2D eigenvalue weighted by molar-refractivity contribution is 9.10. The van der Waals surface area contributed by atoms with Gasteiger partial charge < -0.3 is 10.4 Å². The highest BCUT2D eigenvalue weighted by Gasteiger charge is 2.10. The maximum absolute atomic E-state index is 13.7. The Hall–Kier alpha value is -0.100. The summed E-state index contributed by atoms with van der Waals surface area (Å²) in [6.45, 7) is 3.05. The smallest absolute Gasteiger partial charge is 0.129 e. The maximum atomic E-state index is 13.7. The number of hydrogen-bond donors (Lipinski definition) is 2. The first-order chi connectivity index (χ1) is 8.65. The molecule has 102 valence electrons. The molecule has 1 unspecified atom stereocenters. The van der Waals surface area contributed by atoms with E-state index < -0.39 is 0 Å². The Morgan fingerprint density at radius 1 is 1.44 bits per heavy atom. The Kier molecular flexibility index (Phi) is 7.90. The summed E-state index contributed by atoms with van der Waals surface area (Å²) < 4.78 is 14.4. The monoisotopic (exact) mass is 335 g/mol. The van der Waals surface area contributed by atoms with Crippen molar-refractivity contribution in [1.82, 2.24) is 5.32 Å². The lowest BCUT2D eigenvalue weighted by Crippen LogP contribution is -2.22. The summed E-state index contributed by atoms with van der Waals surface area (Å²) in [6.07, 6.45) is 0.835. The van der Waals surface area contributed by atoms with Gasteiger partial charge >= 0.3 is 0 Å². The summed E-state index contributed by atoms with van der Waals surface area (Å²) in [5, 5.41) is 11.9. The van der Waals surface area contributed by atoms with Crippen molar-refractivity contribution in [2.75, 3.05) is 24.7 Å². The normalized spacial score (nSPS) is 12.7. The molecule has 2 N–H and O–H groups in total. The van der Waals surface area contributed by atoms with E-state index >= 15 is 0 Å². The molecule has 1 rings (SSSR count). The highest BCUT2D eigenvalue weighted by atomic mass is 79.9. The first-order valence-electron chi connectivity index (χ1n) is 6.02. The van der Waals surface area contributed by atoms with E-state index in [2.05, 4.69) is 21.2 Å². The molecular weight excluding hydrogens is 317 g/mol. The Morgan fingerprint density at radius 2 is 2.22 bits per heavy atom. The van der Waals surface area contributed by atoms with Crippen LogP contribution in [0.5, 0.6) is 0 Å². The topological polar surface area (TPSA) is 32.3 Å². The molecule has 0 aromatic heterocycles. The second kappa shape index (κ2) is 8.91. The zero-order valence-electron chi connectivity index (χ0n) is 10.5. The van der Waals surface area contributed by atoms with Crippen molar-refractivity contribution in [2.45, 2.75) is 19.4 Å². The van der Waals surface area contributed by atoms with Gasteiger partial charge in [-0.15, -0.1) is 0 Å². The second-order valence-electron chi connectivity index (χ2n) is 4.03. The first-order valence-corrected chi connectivity index (χ1v) is 7.97. The molecule has 1 aromatic carbocycles. The van der Waals surface area contributed by atoms with E-state index in [1.165, 1.54) is 6.07 Å². The lowest BCUT2D eigenvalue weighted by atomic mass is 10.1. The molecule has 5 heteroatoms. The van der Waals surface area contributed by atoms with Crippen LogP contribution in [0.2, 0.25) is 0 Å². The minimum absolute atomic E-state index is 0.0107. The van der Waals surface area contributed by atoms with Crippen LogP contribution >= 0.6 is 27.7 Å². The van der Waals surface area contributed by atoms with E-state index in [1.54, 1.807) is 17.8 Å². The minimum Gasteiger partial charge on any atom is -0.396 e. The number of thioether (sulfide) groups is 1. The summed E-state index contributed by atoms with van der Waals surface area (Å²) in [5.74, 6) is 1.76. The van der Waals surface area contributed by atoms with Crippen molar-refractivity contribution in [3.63, 3.8) is 0 Å². The average molecular weight is 336 g/mol. The quantitative estimate of drug-likeness (QED) is 0.714. The van der Waals surface area contributed by atoms with Gasteiger partial charge in [0.15, 0.2) is 0 Å². The van der Waals surface area contributed by atoms with E-state index in [9.17, 15) is 4.39 Å². The Bertz CT molecular complexity index is 365. The Morgan fingerprint density at radius 3 is 2.89 bits per heavy atom. The fraction of sp³-hybridized carbons (Fsp3) is 0.538. The number of rotatable bonds is 8. The zero-order chi connectivity index (χ0) is 13.4. The number of nitrogens with one attached hydrogen (secondary N) is 1. The van der Waals surface area contributed by atoms with Crippen LogP contribution < -0.4 is 5.32 Å². The van der Waals surface area contributed by atoms with Crippen LogP contribution in [-0.4, -0.2) is 29.8 Å².